The lowest BCUT2D eigenvalue weighted by atomic mass is 9.97. The summed E-state index contributed by atoms with van der Waals surface area (Å²) in [5.41, 5.74) is 8.08. The quantitative estimate of drug-likeness (QED) is 0.299. The van der Waals surface area contributed by atoms with Gasteiger partial charge in [0.25, 0.3) is 0 Å². The van der Waals surface area contributed by atoms with Crippen LogP contribution in [0.2, 0.25) is 0 Å². The summed E-state index contributed by atoms with van der Waals surface area (Å²) in [6.45, 7) is 10.2. The van der Waals surface area contributed by atoms with Gasteiger partial charge in [0.1, 0.15) is 0 Å². The minimum Gasteiger partial charge on any atom is -0.339 e. The molecule has 0 fully saturated rings. The molecule has 0 bridgehead atoms. The minimum atomic E-state index is -0.0170. The topological polar surface area (TPSA) is 66.9 Å². The van der Waals surface area contributed by atoms with Crippen LogP contribution in [0.1, 0.15) is 40.9 Å². The number of benzene rings is 2. The van der Waals surface area contributed by atoms with E-state index in [0.29, 0.717) is 5.71 Å². The molecule has 3 rings (SSSR count). The van der Waals surface area contributed by atoms with Gasteiger partial charge in [-0.25, -0.2) is 0 Å². The molecule has 1 aromatic heterocycles. The summed E-state index contributed by atoms with van der Waals surface area (Å²) in [6.07, 6.45) is 4.52. The third kappa shape index (κ3) is 5.11. The molecule has 0 spiro atoms. The number of aryl methyl sites for hydroxylation is 2. The first-order chi connectivity index (χ1) is 15.5. The molecule has 0 aliphatic heterocycles. The summed E-state index contributed by atoms with van der Waals surface area (Å²) in [5, 5.41) is 3.84. The molecule has 5 heteroatoms. The van der Waals surface area contributed by atoms with Crippen LogP contribution in [-0.4, -0.2) is 23.5 Å². The van der Waals surface area contributed by atoms with Crippen molar-refractivity contribution in [3.63, 3.8) is 0 Å². The Balaban J connectivity index is 2.10. The highest BCUT2D eigenvalue weighted by molar-refractivity contribution is 6.47. The Morgan fingerprint density at radius 3 is 2.47 bits per heavy atom. The predicted octanol–water partition coefficient (Wildman–Crippen LogP) is 5.39. The van der Waals surface area contributed by atoms with E-state index in [1.165, 1.54) is 11.1 Å². The van der Waals surface area contributed by atoms with Gasteiger partial charge in [-0.2, -0.15) is 5.10 Å². The Labute approximate surface area is 191 Å². The van der Waals surface area contributed by atoms with Crippen molar-refractivity contribution < 1.29 is 0 Å². The van der Waals surface area contributed by atoms with E-state index in [2.05, 4.69) is 82.9 Å². The number of aliphatic imine (C=N–C) groups is 1. The molecule has 32 heavy (non-hydrogen) atoms. The maximum absolute atomic E-state index is 5.53. The van der Waals surface area contributed by atoms with Crippen molar-refractivity contribution in [2.45, 2.75) is 33.2 Å². The number of hydrogen-bond acceptors (Lipinski definition) is 5. The van der Waals surface area contributed by atoms with Gasteiger partial charge in [-0.15, -0.1) is 0 Å². The second-order valence-corrected chi connectivity index (χ2v) is 7.84. The number of pyridine rings is 1. The molecule has 2 N–H and O–H groups in total. The molecule has 164 valence electrons. The predicted molar refractivity (Wildman–Crippen MR) is 135 cm³/mol. The van der Waals surface area contributed by atoms with Crippen molar-refractivity contribution in [3.8, 4) is 0 Å². The lowest BCUT2D eigenvalue weighted by molar-refractivity contribution is 0.665. The number of anilines is 1. The van der Waals surface area contributed by atoms with Crippen LogP contribution in [-0.2, 0) is 6.42 Å². The zero-order chi connectivity index (χ0) is 23.1. The molecule has 5 nitrogen and oxygen atoms in total. The van der Waals surface area contributed by atoms with Crippen LogP contribution in [0, 0.1) is 13.8 Å². The van der Waals surface area contributed by atoms with E-state index in [1.807, 2.05) is 37.5 Å². The molecular weight excluding hydrogens is 394 g/mol. The Kier molecular flexibility index (Phi) is 7.55. The molecule has 0 amide bonds. The van der Waals surface area contributed by atoms with E-state index in [0.717, 1.165) is 34.6 Å². The monoisotopic (exact) mass is 425 g/mol. The highest BCUT2D eigenvalue weighted by atomic mass is 15.2. The molecule has 0 saturated heterocycles. The smallest absolute Gasteiger partial charge is 0.0873 e. The summed E-state index contributed by atoms with van der Waals surface area (Å²) in [6, 6.07) is 20.9. The summed E-state index contributed by atoms with van der Waals surface area (Å²) in [7, 11) is 1.75. The van der Waals surface area contributed by atoms with Crippen LogP contribution in [0.4, 0.5) is 5.69 Å². The Morgan fingerprint density at radius 2 is 1.88 bits per heavy atom. The first kappa shape index (κ1) is 22.9. The Morgan fingerprint density at radius 1 is 1.12 bits per heavy atom. The Bertz CT molecular complexity index is 1110. The SMILES string of the molecule is C=CN(c1cc(C(=NC)C(C)=NN)ccc1C)C(Cc1ccc(C)cc1)c1ccccn1. The van der Waals surface area contributed by atoms with Gasteiger partial charge in [-0.1, -0.05) is 54.6 Å². The van der Waals surface area contributed by atoms with Gasteiger partial charge in [-0.05, 0) is 62.7 Å². The first-order valence-corrected chi connectivity index (χ1v) is 10.7. The van der Waals surface area contributed by atoms with Crippen molar-refractivity contribution in [1.29, 1.82) is 0 Å². The van der Waals surface area contributed by atoms with Gasteiger partial charge in [0.05, 0.1) is 23.2 Å². The van der Waals surface area contributed by atoms with E-state index in [-0.39, 0.29) is 6.04 Å². The number of nitrogens with two attached hydrogens (primary N) is 1. The van der Waals surface area contributed by atoms with E-state index >= 15 is 0 Å². The van der Waals surface area contributed by atoms with Crippen LogP contribution < -0.4 is 10.7 Å². The standard InChI is InChI=1S/C27H31N5/c1-6-32(25-18-23(15-12-20(25)3)27(29-5)21(4)31-28)26(24-9-7-8-16-30-24)17-22-13-10-19(2)11-14-22/h6-16,18,26H,1,17,28H2,2-5H3. The highest BCUT2D eigenvalue weighted by Crippen LogP contribution is 2.33. The summed E-state index contributed by atoms with van der Waals surface area (Å²) in [4.78, 5) is 11.3. The molecule has 1 unspecified atom stereocenters. The average Bonchev–Trinajstić information content (AvgIpc) is 2.82. The van der Waals surface area contributed by atoms with E-state index < -0.39 is 0 Å². The van der Waals surface area contributed by atoms with Crippen molar-refractivity contribution >= 4 is 17.1 Å². The van der Waals surface area contributed by atoms with Crippen molar-refractivity contribution in [2.24, 2.45) is 15.9 Å². The molecule has 1 atom stereocenters. The lowest BCUT2D eigenvalue weighted by Gasteiger charge is -2.32. The molecular formula is C27H31N5. The number of hydrazone groups is 1. The second kappa shape index (κ2) is 10.5. The van der Waals surface area contributed by atoms with Gasteiger partial charge < -0.3 is 10.7 Å². The number of hydrogen-bond donors (Lipinski definition) is 1. The Hall–Kier alpha value is -3.73. The summed E-state index contributed by atoms with van der Waals surface area (Å²) >= 11 is 0. The molecule has 0 saturated carbocycles. The third-order valence-corrected chi connectivity index (χ3v) is 5.63. The largest absolute Gasteiger partial charge is 0.339 e. The fourth-order valence-electron chi connectivity index (χ4n) is 3.86. The normalized spacial score (nSPS) is 13.0. The summed E-state index contributed by atoms with van der Waals surface area (Å²) < 4.78 is 0. The maximum atomic E-state index is 5.53. The second-order valence-electron chi connectivity index (χ2n) is 7.84. The van der Waals surface area contributed by atoms with Gasteiger partial charge in [0.15, 0.2) is 0 Å². The number of aromatic nitrogens is 1. The van der Waals surface area contributed by atoms with Crippen molar-refractivity contribution in [3.05, 3.63) is 108 Å². The van der Waals surface area contributed by atoms with Crippen molar-refractivity contribution in [1.82, 2.24) is 4.98 Å². The molecule has 1 heterocycles. The van der Waals surface area contributed by atoms with Crippen LogP contribution in [0.3, 0.4) is 0 Å². The number of rotatable bonds is 8. The van der Waals surface area contributed by atoms with E-state index in [9.17, 15) is 0 Å². The maximum Gasteiger partial charge on any atom is 0.0873 e. The molecule has 0 aliphatic carbocycles. The minimum absolute atomic E-state index is 0.0170. The average molecular weight is 426 g/mol. The fraction of sp³-hybridized carbons (Fsp3) is 0.222. The van der Waals surface area contributed by atoms with Crippen molar-refractivity contribution in [2.75, 3.05) is 11.9 Å². The van der Waals surface area contributed by atoms with Gasteiger partial charge in [0.2, 0.25) is 0 Å². The third-order valence-electron chi connectivity index (χ3n) is 5.63. The van der Waals surface area contributed by atoms with Crippen LogP contribution in [0.5, 0.6) is 0 Å². The summed E-state index contributed by atoms with van der Waals surface area (Å²) in [5.74, 6) is 5.53. The fourth-order valence-corrected chi connectivity index (χ4v) is 3.86. The van der Waals surface area contributed by atoms with Crippen LogP contribution in [0.15, 0.2) is 89.7 Å². The van der Waals surface area contributed by atoms with Gasteiger partial charge in [0, 0.05) is 24.5 Å². The first-order valence-electron chi connectivity index (χ1n) is 10.7. The van der Waals surface area contributed by atoms with Gasteiger partial charge >= 0.3 is 0 Å². The van der Waals surface area contributed by atoms with E-state index in [4.69, 9.17) is 5.84 Å². The molecule has 0 aliphatic rings. The van der Waals surface area contributed by atoms with Gasteiger partial charge in [-0.3, -0.25) is 9.98 Å². The lowest BCUT2D eigenvalue weighted by Crippen LogP contribution is -2.27. The van der Waals surface area contributed by atoms with E-state index in [1.54, 1.807) is 7.05 Å². The molecule has 2 aromatic carbocycles. The number of nitrogens with zero attached hydrogens (tertiary/aromatic N) is 4. The molecule has 0 radical (unpaired) electrons. The molecule has 3 aromatic rings. The van der Waals surface area contributed by atoms with Crippen LogP contribution >= 0.6 is 0 Å². The highest BCUT2D eigenvalue weighted by Gasteiger charge is 2.23. The zero-order valence-electron chi connectivity index (χ0n) is 19.3. The van der Waals surface area contributed by atoms with Crippen LogP contribution in [0.25, 0.3) is 0 Å². The zero-order valence-corrected chi connectivity index (χ0v) is 19.3.